The summed E-state index contributed by atoms with van der Waals surface area (Å²) in [7, 11) is 0. The van der Waals surface area contributed by atoms with Crippen molar-refractivity contribution >= 4 is 5.71 Å². The van der Waals surface area contributed by atoms with Crippen molar-refractivity contribution in [3.8, 4) is 16.9 Å². The SMILES string of the molecule is C/C(=N\OCc1cccc(C(F)(F)F)c1)c1cc(-c2ccc(F)cc2)n(-c2cccc(C)c2)c1C. The molecule has 0 amide bonds. The summed E-state index contributed by atoms with van der Waals surface area (Å²) in [6.45, 7) is 5.65. The van der Waals surface area contributed by atoms with E-state index in [0.29, 0.717) is 11.3 Å². The fourth-order valence-corrected chi connectivity index (χ4v) is 4.00. The zero-order valence-corrected chi connectivity index (χ0v) is 19.5. The molecule has 0 N–H and O–H groups in total. The minimum Gasteiger partial charge on any atom is -0.391 e. The van der Waals surface area contributed by atoms with Crippen LogP contribution >= 0.6 is 0 Å². The molecule has 0 aliphatic rings. The summed E-state index contributed by atoms with van der Waals surface area (Å²) in [4.78, 5) is 5.42. The molecule has 3 aromatic carbocycles. The summed E-state index contributed by atoms with van der Waals surface area (Å²) < 4.78 is 54.5. The highest BCUT2D eigenvalue weighted by Gasteiger charge is 2.30. The molecule has 0 fully saturated rings. The Bertz CT molecular complexity index is 1370. The number of halogens is 4. The largest absolute Gasteiger partial charge is 0.416 e. The Kier molecular flexibility index (Phi) is 6.78. The molecule has 4 rings (SSSR count). The Morgan fingerprint density at radius 1 is 0.914 bits per heavy atom. The van der Waals surface area contributed by atoms with Crippen LogP contribution < -0.4 is 0 Å². The molecule has 3 nitrogen and oxygen atoms in total. The molecule has 0 radical (unpaired) electrons. The van der Waals surface area contributed by atoms with Crippen molar-refractivity contribution < 1.29 is 22.4 Å². The number of benzene rings is 3. The van der Waals surface area contributed by atoms with E-state index in [0.717, 1.165) is 45.9 Å². The van der Waals surface area contributed by atoms with E-state index in [2.05, 4.69) is 15.8 Å². The topological polar surface area (TPSA) is 26.5 Å². The van der Waals surface area contributed by atoms with Gasteiger partial charge in [-0.1, -0.05) is 29.4 Å². The van der Waals surface area contributed by atoms with Crippen molar-refractivity contribution in [2.45, 2.75) is 33.6 Å². The molecule has 0 saturated heterocycles. The maximum atomic E-state index is 13.6. The van der Waals surface area contributed by atoms with Crippen LogP contribution in [0, 0.1) is 19.7 Å². The van der Waals surface area contributed by atoms with Crippen LogP contribution in [0.3, 0.4) is 0 Å². The third-order valence-corrected chi connectivity index (χ3v) is 5.72. The summed E-state index contributed by atoms with van der Waals surface area (Å²) in [6, 6.07) is 21.2. The molecule has 4 aromatic rings. The maximum Gasteiger partial charge on any atom is 0.416 e. The molecule has 0 aliphatic carbocycles. The van der Waals surface area contributed by atoms with Gasteiger partial charge in [0.1, 0.15) is 12.4 Å². The van der Waals surface area contributed by atoms with E-state index in [4.69, 9.17) is 4.84 Å². The quantitative estimate of drug-likeness (QED) is 0.157. The van der Waals surface area contributed by atoms with Crippen LogP contribution in [-0.2, 0) is 17.6 Å². The average molecular weight is 481 g/mol. The molecule has 0 bridgehead atoms. The highest BCUT2D eigenvalue weighted by Crippen LogP contribution is 2.31. The second kappa shape index (κ2) is 9.78. The van der Waals surface area contributed by atoms with Crippen molar-refractivity contribution in [1.82, 2.24) is 4.57 Å². The van der Waals surface area contributed by atoms with Crippen molar-refractivity contribution in [1.29, 1.82) is 0 Å². The van der Waals surface area contributed by atoms with E-state index in [1.807, 2.05) is 38.1 Å². The van der Waals surface area contributed by atoms with Gasteiger partial charge in [-0.25, -0.2) is 4.39 Å². The van der Waals surface area contributed by atoms with Gasteiger partial charge < -0.3 is 9.40 Å². The number of oxime groups is 1. The van der Waals surface area contributed by atoms with Gasteiger partial charge in [0.25, 0.3) is 0 Å². The number of hydrogen-bond acceptors (Lipinski definition) is 2. The smallest absolute Gasteiger partial charge is 0.391 e. The van der Waals surface area contributed by atoms with Gasteiger partial charge >= 0.3 is 6.18 Å². The summed E-state index contributed by atoms with van der Waals surface area (Å²) in [6.07, 6.45) is -4.41. The first kappa shape index (κ1) is 24.3. The minimum atomic E-state index is -4.41. The van der Waals surface area contributed by atoms with Gasteiger partial charge in [-0.05, 0) is 92.1 Å². The number of aryl methyl sites for hydroxylation is 1. The van der Waals surface area contributed by atoms with E-state index in [9.17, 15) is 17.6 Å². The first-order valence-corrected chi connectivity index (χ1v) is 11.0. The molecular formula is C28H24F4N2O. The van der Waals surface area contributed by atoms with Crippen molar-refractivity contribution in [2.75, 3.05) is 0 Å². The maximum absolute atomic E-state index is 13.6. The van der Waals surface area contributed by atoms with Gasteiger partial charge in [0.05, 0.1) is 17.0 Å². The van der Waals surface area contributed by atoms with Gasteiger partial charge in [-0.2, -0.15) is 13.2 Å². The fraction of sp³-hybridized carbons (Fsp3) is 0.179. The van der Waals surface area contributed by atoms with Crippen molar-refractivity contribution in [2.24, 2.45) is 5.16 Å². The van der Waals surface area contributed by atoms with E-state index in [1.165, 1.54) is 18.2 Å². The molecule has 35 heavy (non-hydrogen) atoms. The van der Waals surface area contributed by atoms with Crippen molar-refractivity contribution in [3.63, 3.8) is 0 Å². The molecule has 180 valence electrons. The molecule has 0 aliphatic heterocycles. The standard InChI is InChI=1S/C28H24F4N2O/c1-18-6-4-9-25(14-18)34-20(3)26(16-27(34)22-10-12-24(29)13-11-22)19(2)33-35-17-21-7-5-8-23(15-21)28(30,31)32/h4-16H,17H2,1-3H3/b33-19+. The zero-order chi connectivity index (χ0) is 25.2. The predicted molar refractivity (Wildman–Crippen MR) is 129 cm³/mol. The lowest BCUT2D eigenvalue weighted by Crippen LogP contribution is -2.05. The number of nitrogens with zero attached hydrogens (tertiary/aromatic N) is 2. The molecule has 0 spiro atoms. The molecule has 0 atom stereocenters. The van der Waals surface area contributed by atoms with Crippen LogP contribution in [0.4, 0.5) is 17.6 Å². The average Bonchev–Trinajstić information content (AvgIpc) is 3.16. The lowest BCUT2D eigenvalue weighted by Gasteiger charge is -2.13. The highest BCUT2D eigenvalue weighted by molar-refractivity contribution is 6.01. The second-order valence-corrected chi connectivity index (χ2v) is 8.36. The summed E-state index contributed by atoms with van der Waals surface area (Å²) in [5.41, 5.74) is 5.67. The normalized spacial score (nSPS) is 12.1. The summed E-state index contributed by atoms with van der Waals surface area (Å²) in [5.74, 6) is -0.319. The van der Waals surface area contributed by atoms with E-state index in [-0.39, 0.29) is 12.4 Å². The first-order chi connectivity index (χ1) is 16.6. The Balaban J connectivity index is 1.67. The summed E-state index contributed by atoms with van der Waals surface area (Å²) in [5, 5.41) is 4.18. The second-order valence-electron chi connectivity index (χ2n) is 8.36. The molecule has 7 heteroatoms. The van der Waals surface area contributed by atoms with Gasteiger partial charge in [0.15, 0.2) is 0 Å². The first-order valence-electron chi connectivity index (χ1n) is 11.0. The lowest BCUT2D eigenvalue weighted by atomic mass is 10.1. The van der Waals surface area contributed by atoms with E-state index >= 15 is 0 Å². The van der Waals surface area contributed by atoms with Gasteiger partial charge in [0, 0.05) is 16.9 Å². The Morgan fingerprint density at radius 3 is 2.31 bits per heavy atom. The van der Waals surface area contributed by atoms with Crippen LogP contribution in [0.1, 0.15) is 34.9 Å². The third-order valence-electron chi connectivity index (χ3n) is 5.72. The Hall–Kier alpha value is -3.87. The molecular weight excluding hydrogens is 456 g/mol. The predicted octanol–water partition coefficient (Wildman–Crippen LogP) is 7.86. The van der Waals surface area contributed by atoms with E-state index < -0.39 is 11.7 Å². The summed E-state index contributed by atoms with van der Waals surface area (Å²) >= 11 is 0. The Labute approximate surface area is 201 Å². The molecule has 0 unspecified atom stereocenters. The van der Waals surface area contributed by atoms with Crippen LogP contribution in [0.2, 0.25) is 0 Å². The van der Waals surface area contributed by atoms with Crippen LogP contribution in [0.5, 0.6) is 0 Å². The number of alkyl halides is 3. The zero-order valence-electron chi connectivity index (χ0n) is 19.5. The number of aromatic nitrogens is 1. The lowest BCUT2D eigenvalue weighted by molar-refractivity contribution is -0.137. The molecule has 0 saturated carbocycles. The number of rotatable bonds is 6. The molecule has 1 aromatic heterocycles. The third kappa shape index (κ3) is 5.45. The molecule has 1 heterocycles. The van der Waals surface area contributed by atoms with Crippen molar-refractivity contribution in [3.05, 3.63) is 113 Å². The number of hydrogen-bond donors (Lipinski definition) is 0. The monoisotopic (exact) mass is 480 g/mol. The van der Waals surface area contributed by atoms with Gasteiger partial charge in [0.2, 0.25) is 0 Å². The van der Waals surface area contributed by atoms with Gasteiger partial charge in [-0.15, -0.1) is 0 Å². The minimum absolute atomic E-state index is 0.0935. The van der Waals surface area contributed by atoms with Gasteiger partial charge in [-0.3, -0.25) is 0 Å². The highest BCUT2D eigenvalue weighted by atomic mass is 19.4. The fourth-order valence-electron chi connectivity index (χ4n) is 4.00. The van der Waals surface area contributed by atoms with Crippen LogP contribution in [-0.4, -0.2) is 10.3 Å². The van der Waals surface area contributed by atoms with E-state index in [1.54, 1.807) is 25.1 Å². The van der Waals surface area contributed by atoms with Crippen LogP contribution in [0.25, 0.3) is 16.9 Å². The van der Waals surface area contributed by atoms with Crippen LogP contribution in [0.15, 0.2) is 84.0 Å². The Morgan fingerprint density at radius 2 is 1.63 bits per heavy atom.